The highest BCUT2D eigenvalue weighted by Gasteiger charge is 2.14. The van der Waals surface area contributed by atoms with Crippen molar-refractivity contribution in [1.82, 2.24) is 0 Å². The number of ether oxygens (including phenoxy) is 1. The van der Waals surface area contributed by atoms with Gasteiger partial charge >= 0.3 is 0 Å². The lowest BCUT2D eigenvalue weighted by molar-refractivity contribution is 0.00509. The summed E-state index contributed by atoms with van der Waals surface area (Å²) in [5, 5.41) is 9.79. The molecule has 1 unspecified atom stereocenters. The zero-order chi connectivity index (χ0) is 12.1. The van der Waals surface area contributed by atoms with Crippen molar-refractivity contribution in [2.24, 2.45) is 0 Å². The van der Waals surface area contributed by atoms with Gasteiger partial charge in [-0.2, -0.15) is 0 Å². The van der Waals surface area contributed by atoms with Crippen LogP contribution in [0.25, 0.3) is 0 Å². The molecule has 1 rings (SSSR count). The van der Waals surface area contributed by atoms with Crippen LogP contribution in [-0.4, -0.2) is 24.7 Å². The smallest absolute Gasteiger partial charge is 0.261 e. The molecular weight excluding hydrogens is 302 g/mol. The standard InChI is InChI=1S/C10H13BrF2O2S/c1-6-4-7(11)10(16-6)8(14)2-3-15-5-9(12)13/h4,8-9,14H,2-3,5H2,1H3. The minimum atomic E-state index is -2.45. The van der Waals surface area contributed by atoms with Crippen molar-refractivity contribution in [2.75, 3.05) is 13.2 Å². The number of hydrogen-bond donors (Lipinski definition) is 1. The van der Waals surface area contributed by atoms with E-state index in [4.69, 9.17) is 4.74 Å². The van der Waals surface area contributed by atoms with Crippen LogP contribution in [0, 0.1) is 6.92 Å². The zero-order valence-electron chi connectivity index (χ0n) is 8.75. The highest BCUT2D eigenvalue weighted by Crippen LogP contribution is 2.33. The second-order valence-corrected chi connectivity index (χ2v) is 5.48. The molecule has 0 aliphatic carbocycles. The van der Waals surface area contributed by atoms with Crippen LogP contribution in [0.5, 0.6) is 0 Å². The van der Waals surface area contributed by atoms with E-state index in [0.29, 0.717) is 6.42 Å². The van der Waals surface area contributed by atoms with Gasteiger partial charge in [0.05, 0.1) is 6.10 Å². The van der Waals surface area contributed by atoms with Gasteiger partial charge in [0.2, 0.25) is 0 Å². The summed E-state index contributed by atoms with van der Waals surface area (Å²) in [5.41, 5.74) is 0. The molecule has 0 bridgehead atoms. The fourth-order valence-electron chi connectivity index (χ4n) is 1.23. The summed E-state index contributed by atoms with van der Waals surface area (Å²) in [4.78, 5) is 1.91. The van der Waals surface area contributed by atoms with Gasteiger partial charge in [0, 0.05) is 27.3 Å². The van der Waals surface area contributed by atoms with Crippen LogP contribution in [0.3, 0.4) is 0 Å². The molecule has 16 heavy (non-hydrogen) atoms. The summed E-state index contributed by atoms with van der Waals surface area (Å²) in [5.74, 6) is 0. The van der Waals surface area contributed by atoms with Crippen LogP contribution in [-0.2, 0) is 4.74 Å². The van der Waals surface area contributed by atoms with E-state index >= 15 is 0 Å². The van der Waals surface area contributed by atoms with Gasteiger partial charge in [0.25, 0.3) is 6.43 Å². The molecule has 0 aliphatic rings. The Kier molecular flexibility index (Phi) is 5.82. The van der Waals surface area contributed by atoms with Crippen LogP contribution in [0.1, 0.15) is 22.3 Å². The van der Waals surface area contributed by atoms with Crippen molar-refractivity contribution in [3.8, 4) is 0 Å². The Labute approximate surface area is 105 Å². The van der Waals surface area contributed by atoms with E-state index in [1.807, 2.05) is 13.0 Å². The number of aliphatic hydroxyl groups excluding tert-OH is 1. The molecule has 1 atom stereocenters. The van der Waals surface area contributed by atoms with Crippen LogP contribution in [0.4, 0.5) is 8.78 Å². The summed E-state index contributed by atoms with van der Waals surface area (Å²) in [6, 6.07) is 1.92. The number of halogens is 3. The average molecular weight is 315 g/mol. The summed E-state index contributed by atoms with van der Waals surface area (Å²) in [6.07, 6.45) is -2.79. The quantitative estimate of drug-likeness (QED) is 0.814. The third-order valence-corrected chi connectivity index (χ3v) is 3.99. The topological polar surface area (TPSA) is 29.5 Å². The number of hydrogen-bond acceptors (Lipinski definition) is 3. The molecule has 2 nitrogen and oxygen atoms in total. The van der Waals surface area contributed by atoms with Gasteiger partial charge in [0.1, 0.15) is 6.61 Å². The van der Waals surface area contributed by atoms with Crippen molar-refractivity contribution < 1.29 is 18.6 Å². The molecule has 1 heterocycles. The minimum absolute atomic E-state index is 0.134. The maximum absolute atomic E-state index is 11.8. The maximum atomic E-state index is 11.8. The first-order chi connectivity index (χ1) is 7.50. The number of aryl methyl sites for hydroxylation is 1. The number of alkyl halides is 2. The van der Waals surface area contributed by atoms with E-state index in [9.17, 15) is 13.9 Å². The molecular formula is C10H13BrF2O2S. The monoisotopic (exact) mass is 314 g/mol. The fraction of sp³-hybridized carbons (Fsp3) is 0.600. The minimum Gasteiger partial charge on any atom is -0.387 e. The van der Waals surface area contributed by atoms with Crippen molar-refractivity contribution in [2.45, 2.75) is 25.9 Å². The SMILES string of the molecule is Cc1cc(Br)c(C(O)CCOCC(F)F)s1. The summed E-state index contributed by atoms with van der Waals surface area (Å²) in [7, 11) is 0. The highest BCUT2D eigenvalue weighted by atomic mass is 79.9. The van der Waals surface area contributed by atoms with E-state index in [1.165, 1.54) is 11.3 Å². The normalized spacial score (nSPS) is 13.4. The molecule has 0 spiro atoms. The maximum Gasteiger partial charge on any atom is 0.261 e. The van der Waals surface area contributed by atoms with Gasteiger partial charge in [-0.15, -0.1) is 11.3 Å². The predicted octanol–water partition coefficient (Wildman–Crippen LogP) is 3.52. The molecule has 0 amide bonds. The first kappa shape index (κ1) is 14.0. The molecule has 1 aromatic heterocycles. The van der Waals surface area contributed by atoms with Crippen LogP contribution < -0.4 is 0 Å². The molecule has 0 saturated carbocycles. The van der Waals surface area contributed by atoms with Gasteiger partial charge < -0.3 is 9.84 Å². The molecule has 6 heteroatoms. The molecule has 1 aromatic rings. The average Bonchev–Trinajstić information content (AvgIpc) is 2.52. The molecule has 0 aromatic carbocycles. The van der Waals surface area contributed by atoms with Crippen LogP contribution in [0.2, 0.25) is 0 Å². The van der Waals surface area contributed by atoms with E-state index < -0.39 is 19.1 Å². The first-order valence-electron chi connectivity index (χ1n) is 4.80. The molecule has 1 N–H and O–H groups in total. The lowest BCUT2D eigenvalue weighted by atomic mass is 10.2. The summed E-state index contributed by atoms with van der Waals surface area (Å²) < 4.78 is 29.1. The Bertz CT molecular complexity index is 331. The van der Waals surface area contributed by atoms with Crippen molar-refractivity contribution in [1.29, 1.82) is 0 Å². The Hall–Kier alpha value is -0.0400. The Morgan fingerprint density at radius 1 is 1.56 bits per heavy atom. The third-order valence-electron chi connectivity index (χ3n) is 1.92. The molecule has 92 valence electrons. The van der Waals surface area contributed by atoms with Crippen molar-refractivity contribution in [3.05, 3.63) is 20.3 Å². The highest BCUT2D eigenvalue weighted by molar-refractivity contribution is 9.10. The molecule has 0 radical (unpaired) electrons. The van der Waals surface area contributed by atoms with Crippen LogP contribution >= 0.6 is 27.3 Å². The van der Waals surface area contributed by atoms with Gasteiger partial charge in [-0.1, -0.05) is 0 Å². The third kappa shape index (κ3) is 4.45. The van der Waals surface area contributed by atoms with E-state index in [1.54, 1.807) is 0 Å². The Morgan fingerprint density at radius 2 is 2.25 bits per heavy atom. The second-order valence-electron chi connectivity index (χ2n) is 3.34. The largest absolute Gasteiger partial charge is 0.387 e. The number of aliphatic hydroxyl groups is 1. The van der Waals surface area contributed by atoms with Gasteiger partial charge in [-0.25, -0.2) is 8.78 Å². The lowest BCUT2D eigenvalue weighted by Gasteiger charge is -2.09. The molecule has 0 fully saturated rings. The summed E-state index contributed by atoms with van der Waals surface area (Å²) in [6.45, 7) is 1.51. The predicted molar refractivity (Wildman–Crippen MR) is 63.2 cm³/mol. The second kappa shape index (κ2) is 6.64. The first-order valence-corrected chi connectivity index (χ1v) is 6.41. The molecule has 0 saturated heterocycles. The van der Waals surface area contributed by atoms with Crippen LogP contribution in [0.15, 0.2) is 10.5 Å². The van der Waals surface area contributed by atoms with Gasteiger partial charge in [0.15, 0.2) is 0 Å². The number of thiophene rings is 1. The lowest BCUT2D eigenvalue weighted by Crippen LogP contribution is -2.08. The number of rotatable bonds is 6. The summed E-state index contributed by atoms with van der Waals surface area (Å²) >= 11 is 4.83. The zero-order valence-corrected chi connectivity index (χ0v) is 11.2. The Morgan fingerprint density at radius 3 is 2.75 bits per heavy atom. The van der Waals surface area contributed by atoms with Crippen molar-refractivity contribution >= 4 is 27.3 Å². The van der Waals surface area contributed by atoms with E-state index in [2.05, 4.69) is 15.9 Å². The van der Waals surface area contributed by atoms with Gasteiger partial charge in [-0.05, 0) is 28.9 Å². The van der Waals surface area contributed by atoms with Gasteiger partial charge in [-0.3, -0.25) is 0 Å². The molecule has 0 aliphatic heterocycles. The van der Waals surface area contributed by atoms with E-state index in [-0.39, 0.29) is 6.61 Å². The van der Waals surface area contributed by atoms with E-state index in [0.717, 1.165) is 14.2 Å². The van der Waals surface area contributed by atoms with Crippen molar-refractivity contribution in [3.63, 3.8) is 0 Å². The fourth-order valence-corrected chi connectivity index (χ4v) is 3.16. The Balaban J connectivity index is 2.35.